The predicted octanol–water partition coefficient (Wildman–Crippen LogP) is 9.38. The van der Waals surface area contributed by atoms with E-state index in [1.54, 1.807) is 6.20 Å². The summed E-state index contributed by atoms with van der Waals surface area (Å²) in [5.41, 5.74) is 15.1. The predicted molar refractivity (Wildman–Crippen MR) is 240 cm³/mol. The molecule has 2 aliphatic heterocycles. The number of carbonyl (C=O) groups is 4. The average molecular weight is 873 g/mol. The minimum Gasteiger partial charge on any atom is -0.453 e. The Morgan fingerprint density at radius 1 is 0.778 bits per heavy atom. The molecule has 1 aliphatic carbocycles. The van der Waals surface area contributed by atoms with Crippen molar-refractivity contribution in [1.29, 1.82) is 0 Å². The van der Waals surface area contributed by atoms with Gasteiger partial charge in [-0.1, -0.05) is 71.9 Å². The van der Waals surface area contributed by atoms with Gasteiger partial charge in [-0.05, 0) is 77.3 Å². The number of methoxy groups -OCH3 is 2. The minimum absolute atomic E-state index is 0.0591. The van der Waals surface area contributed by atoms with Crippen LogP contribution < -0.4 is 11.5 Å². The maximum Gasteiger partial charge on any atom is 0.404 e. The molecule has 0 saturated carbocycles. The third-order valence-electron chi connectivity index (χ3n) is 11.3. The van der Waals surface area contributed by atoms with E-state index in [-0.39, 0.29) is 42.7 Å². The Bertz CT molecular complexity index is 2400. The molecule has 4 heterocycles. The Hall–Kier alpha value is -6.06. The van der Waals surface area contributed by atoms with Crippen LogP contribution in [0.25, 0.3) is 44.2 Å². The molecule has 3 aliphatic rings. The molecule has 0 bridgehead atoms. The monoisotopic (exact) mass is 872 g/mol. The number of hydrogen-bond acceptors (Lipinski definition) is 8. The van der Waals surface area contributed by atoms with E-state index in [1.165, 1.54) is 14.2 Å². The number of aromatic amines is 2. The molecule has 14 nitrogen and oxygen atoms in total. The molecule has 4 amide bonds. The summed E-state index contributed by atoms with van der Waals surface area (Å²) >= 11 is 0. The van der Waals surface area contributed by atoms with Crippen molar-refractivity contribution in [3.8, 4) is 22.4 Å². The Morgan fingerprint density at radius 3 is 1.84 bits per heavy atom. The smallest absolute Gasteiger partial charge is 0.404 e. The summed E-state index contributed by atoms with van der Waals surface area (Å²) in [7, 11) is 2.45. The van der Waals surface area contributed by atoms with Crippen LogP contribution in [0.2, 0.25) is 0 Å². The van der Waals surface area contributed by atoms with E-state index in [1.807, 2.05) is 73.9 Å². The quantitative estimate of drug-likeness (QED) is 0.118. The van der Waals surface area contributed by atoms with Crippen LogP contribution in [0.1, 0.15) is 115 Å². The molecule has 340 valence electrons. The van der Waals surface area contributed by atoms with E-state index in [0.717, 1.165) is 76.5 Å². The first-order valence-corrected chi connectivity index (χ1v) is 21.8. The number of alkyl halides is 2. The highest BCUT2D eigenvalue weighted by Gasteiger charge is 2.41. The molecular formula is C47H62F2N8O6. The van der Waals surface area contributed by atoms with Crippen LogP contribution in [-0.2, 0) is 31.9 Å². The van der Waals surface area contributed by atoms with Crippen LogP contribution in [0.15, 0.2) is 48.7 Å². The maximum absolute atomic E-state index is 15.2. The fraction of sp³-hybridized carbons (Fsp3) is 0.489. The van der Waals surface area contributed by atoms with Gasteiger partial charge in [-0.25, -0.2) is 28.3 Å². The number of aromatic nitrogens is 4. The minimum atomic E-state index is -2.85. The third-order valence-corrected chi connectivity index (χ3v) is 11.3. The number of nitrogens with one attached hydrogen (secondary N) is 2. The highest BCUT2D eigenvalue weighted by molar-refractivity contribution is 6.05. The van der Waals surface area contributed by atoms with E-state index in [2.05, 4.69) is 55.8 Å². The zero-order valence-electron chi connectivity index (χ0n) is 37.6. The van der Waals surface area contributed by atoms with Crippen LogP contribution >= 0.6 is 0 Å². The average Bonchev–Trinajstić information content (AvgIpc) is 4.09. The first kappa shape index (κ1) is 48.0. The molecule has 2 unspecified atom stereocenters. The van der Waals surface area contributed by atoms with Gasteiger partial charge in [-0.3, -0.25) is 9.59 Å². The van der Waals surface area contributed by atoms with E-state index < -0.39 is 18.1 Å². The van der Waals surface area contributed by atoms with Crippen molar-refractivity contribution in [1.82, 2.24) is 29.7 Å². The van der Waals surface area contributed by atoms with Crippen molar-refractivity contribution in [2.45, 2.75) is 111 Å². The summed E-state index contributed by atoms with van der Waals surface area (Å²) in [5.74, 6) is -0.433. The zero-order chi connectivity index (χ0) is 46.2. The molecule has 2 aromatic heterocycles. The number of ether oxygens (including phenoxy) is 2. The number of likely N-dealkylation sites (tertiary alicyclic amines) is 2. The van der Waals surface area contributed by atoms with E-state index in [0.29, 0.717) is 47.9 Å². The number of rotatable bonds is 8. The normalized spacial score (nSPS) is 17.4. The Labute approximate surface area is 367 Å². The summed E-state index contributed by atoms with van der Waals surface area (Å²) in [4.78, 5) is 65.2. The lowest BCUT2D eigenvalue weighted by Gasteiger charge is -2.24. The van der Waals surface area contributed by atoms with Crippen LogP contribution in [0.5, 0.6) is 0 Å². The highest BCUT2D eigenvalue weighted by atomic mass is 19.3. The number of halogens is 2. The van der Waals surface area contributed by atoms with Crippen LogP contribution in [0, 0.1) is 11.8 Å². The number of fused-ring (bicyclic) bond motifs is 4. The van der Waals surface area contributed by atoms with E-state index in [4.69, 9.17) is 4.98 Å². The largest absolute Gasteiger partial charge is 0.453 e. The Kier molecular flexibility index (Phi) is 15.9. The zero-order valence-corrected chi connectivity index (χ0v) is 37.6. The van der Waals surface area contributed by atoms with Gasteiger partial charge >= 0.3 is 12.2 Å². The molecule has 3 aromatic carbocycles. The number of carbonyl (C=O) groups excluding carboxylic acids is 4. The summed E-state index contributed by atoms with van der Waals surface area (Å²) in [6.07, 6.45) is 4.20. The van der Waals surface area contributed by atoms with E-state index in [9.17, 15) is 19.2 Å². The van der Waals surface area contributed by atoms with Gasteiger partial charge in [0.1, 0.15) is 11.6 Å². The van der Waals surface area contributed by atoms with Crippen LogP contribution in [-0.4, -0.2) is 87.0 Å². The van der Waals surface area contributed by atoms with Gasteiger partial charge in [0, 0.05) is 49.7 Å². The first-order chi connectivity index (χ1) is 30.0. The number of benzene rings is 3. The van der Waals surface area contributed by atoms with E-state index >= 15 is 8.78 Å². The Morgan fingerprint density at radius 2 is 1.30 bits per heavy atom. The van der Waals surface area contributed by atoms with Crippen molar-refractivity contribution in [3.05, 3.63) is 71.4 Å². The molecule has 2 saturated heterocycles. The number of hydrogen-bond donors (Lipinski definition) is 4. The third kappa shape index (κ3) is 11.3. The molecule has 6 N–H and O–H groups in total. The second kappa shape index (κ2) is 20.9. The molecule has 8 rings (SSSR count). The van der Waals surface area contributed by atoms with Crippen molar-refractivity contribution in [3.63, 3.8) is 0 Å². The lowest BCUT2D eigenvalue weighted by atomic mass is 9.91. The molecule has 2 atom stereocenters. The van der Waals surface area contributed by atoms with Gasteiger partial charge in [-0.15, -0.1) is 0 Å². The Balaban J connectivity index is 0.000000557. The number of imidazole rings is 2. The van der Waals surface area contributed by atoms with Gasteiger partial charge in [0.05, 0.1) is 49.2 Å². The lowest BCUT2D eigenvalue weighted by molar-refractivity contribution is -0.133. The summed E-state index contributed by atoms with van der Waals surface area (Å²) in [6, 6.07) is 13.9. The molecular weight excluding hydrogens is 811 g/mol. The molecule has 0 radical (unpaired) electrons. The maximum atomic E-state index is 15.2. The fourth-order valence-corrected chi connectivity index (χ4v) is 8.62. The summed E-state index contributed by atoms with van der Waals surface area (Å²) < 4.78 is 38.2. The highest BCUT2D eigenvalue weighted by Crippen LogP contribution is 2.45. The second-order valence-corrected chi connectivity index (χ2v) is 16.8. The van der Waals surface area contributed by atoms with Crippen molar-refractivity contribution in [2.24, 2.45) is 23.3 Å². The summed E-state index contributed by atoms with van der Waals surface area (Å²) in [6.45, 7) is 13.7. The van der Waals surface area contributed by atoms with Gasteiger partial charge in [0.2, 0.25) is 11.8 Å². The SMILES string of the molecule is CC.CC(C)CC(=O)N1CCCC1c1ncc(-c2ccc(-c3ccc4c(ccc5[nH]c(C6CCCN6C(=O)CC(C)C)nc54)c3)c3c2CC(F)(F)C3)[nH]1.COC(N)=O.COC(N)=O. The first-order valence-electron chi connectivity index (χ1n) is 21.8. The molecule has 16 heteroatoms. The number of primary amides is 2. The van der Waals surface area contributed by atoms with Crippen molar-refractivity contribution in [2.75, 3.05) is 27.3 Å². The number of H-pyrrole nitrogens is 2. The number of amides is 4. The number of nitrogens with zero attached hydrogens (tertiary/aromatic N) is 4. The van der Waals surface area contributed by atoms with Crippen molar-refractivity contribution >= 4 is 45.8 Å². The molecule has 0 spiro atoms. The number of nitrogens with two attached hydrogens (primary N) is 2. The molecule has 63 heavy (non-hydrogen) atoms. The standard InChI is InChI=1S/C41H46F2N6O2.2C2H5NO2.C2H6/c1-23(2)17-36(50)48-15-5-7-34(48)39-44-22-33(46-39)29-13-12-27(30-20-41(42,43)21-31(29)30)25-9-11-28-26(19-25)10-14-32-38(28)47-40(45-32)35-8-6-16-49(35)37(51)18-24(3)4;2*1-5-2(3)4;1-2/h9-14,19,22-24,34-35H,5-8,15-18,20-21H2,1-4H3,(H,44,46)(H,45,47);2*1H3,(H2,3,4);1-2H3. The fourth-order valence-electron chi connectivity index (χ4n) is 8.62. The second-order valence-electron chi connectivity index (χ2n) is 16.8. The summed E-state index contributed by atoms with van der Waals surface area (Å²) in [5, 5.41) is 1.96. The van der Waals surface area contributed by atoms with Crippen LogP contribution in [0.3, 0.4) is 0 Å². The van der Waals surface area contributed by atoms with Gasteiger partial charge in [0.25, 0.3) is 5.92 Å². The van der Waals surface area contributed by atoms with Crippen LogP contribution in [0.4, 0.5) is 18.4 Å². The van der Waals surface area contributed by atoms with Gasteiger partial charge in [-0.2, -0.15) is 0 Å². The topological polar surface area (TPSA) is 203 Å². The van der Waals surface area contributed by atoms with Crippen molar-refractivity contribution < 1.29 is 37.4 Å². The van der Waals surface area contributed by atoms with Gasteiger partial charge in [0.15, 0.2) is 0 Å². The molecule has 2 fully saturated rings. The van der Waals surface area contributed by atoms with Gasteiger partial charge < -0.3 is 40.7 Å². The lowest BCUT2D eigenvalue weighted by Crippen LogP contribution is -2.31. The molecule has 5 aromatic rings.